The number of nitrogens with zero attached hydrogens (tertiary/aromatic N) is 1. The van der Waals surface area contributed by atoms with Crippen LogP contribution in [0, 0.1) is 0 Å². The summed E-state index contributed by atoms with van der Waals surface area (Å²) in [5.41, 5.74) is 4.06. The lowest BCUT2D eigenvalue weighted by atomic mass is 9.99. The number of benzene rings is 2. The molecule has 1 aliphatic rings. The van der Waals surface area contributed by atoms with E-state index in [1.165, 1.54) is 16.7 Å². The molecule has 0 saturated heterocycles. The van der Waals surface area contributed by atoms with E-state index >= 15 is 0 Å². The maximum absolute atomic E-state index is 6.06. The minimum absolute atomic E-state index is 0.815. The molecule has 2 aromatic rings. The van der Waals surface area contributed by atoms with Gasteiger partial charge in [-0.2, -0.15) is 0 Å². The van der Waals surface area contributed by atoms with Crippen LogP contribution < -0.4 is 0 Å². The molecule has 0 fully saturated rings. The average molecular weight is 284 g/mol. The van der Waals surface area contributed by atoms with Crippen molar-refractivity contribution in [1.29, 1.82) is 0 Å². The number of hydrogen-bond donors (Lipinski definition) is 0. The van der Waals surface area contributed by atoms with Crippen LogP contribution in [0.1, 0.15) is 17.5 Å². The third-order valence-corrected chi connectivity index (χ3v) is 3.97. The first-order valence-corrected chi connectivity index (χ1v) is 7.40. The molecule has 0 unspecified atom stereocenters. The quantitative estimate of drug-likeness (QED) is 0.794. The van der Waals surface area contributed by atoms with E-state index in [2.05, 4.69) is 53.4 Å². The van der Waals surface area contributed by atoms with Crippen LogP contribution in [0.15, 0.2) is 60.7 Å². The Kier molecular flexibility index (Phi) is 4.19. The predicted octanol–water partition coefficient (Wildman–Crippen LogP) is 4.63. The molecule has 0 spiro atoms. The first-order valence-electron chi connectivity index (χ1n) is 7.02. The molecule has 0 saturated carbocycles. The molecule has 0 atom stereocenters. The minimum Gasteiger partial charge on any atom is -0.295 e. The Morgan fingerprint density at radius 1 is 1.00 bits per heavy atom. The van der Waals surface area contributed by atoms with Crippen LogP contribution in [0.4, 0.5) is 0 Å². The van der Waals surface area contributed by atoms with Crippen molar-refractivity contribution in [2.24, 2.45) is 0 Å². The van der Waals surface area contributed by atoms with Crippen molar-refractivity contribution in [3.8, 4) is 0 Å². The molecular weight excluding hydrogens is 266 g/mol. The van der Waals surface area contributed by atoms with E-state index in [9.17, 15) is 0 Å². The van der Waals surface area contributed by atoms with Crippen LogP contribution in [0.25, 0.3) is 5.57 Å². The summed E-state index contributed by atoms with van der Waals surface area (Å²) in [6.07, 6.45) is 3.42. The highest BCUT2D eigenvalue weighted by Crippen LogP contribution is 2.25. The zero-order valence-corrected chi connectivity index (χ0v) is 12.2. The van der Waals surface area contributed by atoms with Crippen molar-refractivity contribution in [3.63, 3.8) is 0 Å². The smallest absolute Gasteiger partial charge is 0.0412 e. The van der Waals surface area contributed by atoms with Crippen molar-refractivity contribution in [2.45, 2.75) is 13.0 Å². The van der Waals surface area contributed by atoms with Crippen LogP contribution in [-0.4, -0.2) is 18.0 Å². The highest BCUT2D eigenvalue weighted by atomic mass is 35.5. The largest absolute Gasteiger partial charge is 0.295 e. The van der Waals surface area contributed by atoms with E-state index in [4.69, 9.17) is 11.6 Å². The Morgan fingerprint density at radius 3 is 2.55 bits per heavy atom. The Morgan fingerprint density at radius 2 is 1.85 bits per heavy atom. The van der Waals surface area contributed by atoms with Crippen molar-refractivity contribution in [3.05, 3.63) is 76.8 Å². The van der Waals surface area contributed by atoms with Crippen molar-refractivity contribution >= 4 is 17.2 Å². The zero-order valence-electron chi connectivity index (χ0n) is 11.4. The second-order valence-electron chi connectivity index (χ2n) is 5.21. The fourth-order valence-electron chi connectivity index (χ4n) is 2.65. The fourth-order valence-corrected chi connectivity index (χ4v) is 2.84. The molecule has 1 heterocycles. The molecule has 0 radical (unpaired) electrons. The minimum atomic E-state index is 0.815. The first kappa shape index (κ1) is 13.4. The maximum atomic E-state index is 6.06. The van der Waals surface area contributed by atoms with Crippen molar-refractivity contribution in [2.75, 3.05) is 13.1 Å². The number of halogens is 1. The van der Waals surface area contributed by atoms with Gasteiger partial charge in [0, 0.05) is 24.7 Å². The molecule has 0 amide bonds. The summed E-state index contributed by atoms with van der Waals surface area (Å²) in [6, 6.07) is 18.8. The molecule has 102 valence electrons. The van der Waals surface area contributed by atoms with Crippen LogP contribution in [0.5, 0.6) is 0 Å². The molecule has 1 aliphatic heterocycles. The van der Waals surface area contributed by atoms with Crippen molar-refractivity contribution in [1.82, 2.24) is 4.90 Å². The molecule has 2 aromatic carbocycles. The highest BCUT2D eigenvalue weighted by Gasteiger charge is 2.13. The highest BCUT2D eigenvalue weighted by molar-refractivity contribution is 6.30. The van der Waals surface area contributed by atoms with E-state index < -0.39 is 0 Å². The van der Waals surface area contributed by atoms with Crippen LogP contribution in [0.3, 0.4) is 0 Å². The Labute approximate surface area is 125 Å². The third kappa shape index (κ3) is 3.30. The molecule has 3 rings (SSSR count). The van der Waals surface area contributed by atoms with Gasteiger partial charge in [-0.05, 0) is 35.3 Å². The predicted molar refractivity (Wildman–Crippen MR) is 85.8 cm³/mol. The van der Waals surface area contributed by atoms with Crippen molar-refractivity contribution < 1.29 is 0 Å². The van der Waals surface area contributed by atoms with Gasteiger partial charge in [0.25, 0.3) is 0 Å². The van der Waals surface area contributed by atoms with Crippen LogP contribution >= 0.6 is 11.6 Å². The Bertz CT molecular complexity index is 604. The summed E-state index contributed by atoms with van der Waals surface area (Å²) in [7, 11) is 0. The van der Waals surface area contributed by atoms with Gasteiger partial charge < -0.3 is 0 Å². The van der Waals surface area contributed by atoms with Crippen LogP contribution in [0.2, 0.25) is 5.02 Å². The lowest BCUT2D eigenvalue weighted by Gasteiger charge is -2.26. The SMILES string of the molecule is Clc1cccc(C2=CCN(Cc3ccccc3)CC2)c1. The van der Waals surface area contributed by atoms with Gasteiger partial charge in [0.15, 0.2) is 0 Å². The topological polar surface area (TPSA) is 3.24 Å². The van der Waals surface area contributed by atoms with Gasteiger partial charge in [-0.15, -0.1) is 0 Å². The fraction of sp³-hybridized carbons (Fsp3) is 0.222. The van der Waals surface area contributed by atoms with Gasteiger partial charge in [-0.3, -0.25) is 4.90 Å². The van der Waals surface area contributed by atoms with E-state index in [-0.39, 0.29) is 0 Å². The Hall–Kier alpha value is -1.57. The van der Waals surface area contributed by atoms with E-state index in [1.807, 2.05) is 12.1 Å². The Balaban J connectivity index is 1.66. The lowest BCUT2D eigenvalue weighted by molar-refractivity contribution is 0.294. The van der Waals surface area contributed by atoms with Gasteiger partial charge in [-0.25, -0.2) is 0 Å². The summed E-state index contributed by atoms with van der Waals surface area (Å²) in [6.45, 7) is 3.14. The first-order chi connectivity index (χ1) is 9.81. The molecular formula is C18H18ClN. The van der Waals surface area contributed by atoms with Crippen LogP contribution in [-0.2, 0) is 6.54 Å². The summed E-state index contributed by atoms with van der Waals surface area (Å²) in [4.78, 5) is 2.48. The molecule has 20 heavy (non-hydrogen) atoms. The third-order valence-electron chi connectivity index (χ3n) is 3.74. The monoisotopic (exact) mass is 283 g/mol. The summed E-state index contributed by atoms with van der Waals surface area (Å²) in [5.74, 6) is 0. The number of hydrogen-bond acceptors (Lipinski definition) is 1. The van der Waals surface area contributed by atoms with E-state index in [0.717, 1.165) is 31.1 Å². The average Bonchev–Trinajstić information content (AvgIpc) is 2.49. The van der Waals surface area contributed by atoms with E-state index in [0.29, 0.717) is 0 Å². The second kappa shape index (κ2) is 6.25. The summed E-state index contributed by atoms with van der Waals surface area (Å²) in [5, 5.41) is 0.815. The normalized spacial score (nSPS) is 15.9. The summed E-state index contributed by atoms with van der Waals surface area (Å²) >= 11 is 6.06. The lowest BCUT2D eigenvalue weighted by Crippen LogP contribution is -2.27. The summed E-state index contributed by atoms with van der Waals surface area (Å²) < 4.78 is 0. The second-order valence-corrected chi connectivity index (χ2v) is 5.65. The van der Waals surface area contributed by atoms with Gasteiger partial charge in [-0.1, -0.05) is 60.1 Å². The number of rotatable bonds is 3. The van der Waals surface area contributed by atoms with Gasteiger partial charge in [0.1, 0.15) is 0 Å². The molecule has 0 aliphatic carbocycles. The molecule has 2 heteroatoms. The van der Waals surface area contributed by atoms with Gasteiger partial charge in [0.05, 0.1) is 0 Å². The standard InChI is InChI=1S/C18H18ClN/c19-18-8-4-7-17(13-18)16-9-11-20(12-10-16)14-15-5-2-1-3-6-15/h1-9,13H,10-12,14H2. The van der Waals surface area contributed by atoms with Gasteiger partial charge >= 0.3 is 0 Å². The molecule has 0 bridgehead atoms. The molecule has 0 aromatic heterocycles. The zero-order chi connectivity index (χ0) is 13.8. The molecule has 0 N–H and O–H groups in total. The van der Waals surface area contributed by atoms with E-state index in [1.54, 1.807) is 0 Å². The maximum Gasteiger partial charge on any atom is 0.0412 e. The van der Waals surface area contributed by atoms with Gasteiger partial charge in [0.2, 0.25) is 0 Å². The molecule has 1 nitrogen and oxygen atoms in total.